The average molecular weight is 256 g/mol. The Morgan fingerprint density at radius 1 is 1.29 bits per heavy atom. The molecule has 94 valence electrons. The van der Waals surface area contributed by atoms with Gasteiger partial charge in [-0.2, -0.15) is 0 Å². The number of amides is 1. The molecule has 1 rings (SSSR count). The molecular weight excluding hydrogens is 240 g/mol. The molecule has 2 N–H and O–H groups in total. The molecule has 1 aromatic rings. The number of carbonyl (C=O) groups excluding carboxylic acids is 1. The zero-order valence-electron chi connectivity index (χ0n) is 9.80. The molecule has 6 heteroatoms. The van der Waals surface area contributed by atoms with E-state index in [1.165, 1.54) is 12.1 Å². The minimum absolute atomic E-state index is 0.0880. The van der Waals surface area contributed by atoms with Crippen LogP contribution < -0.4 is 10.0 Å². The summed E-state index contributed by atoms with van der Waals surface area (Å²) >= 11 is 0. The second kappa shape index (κ2) is 5.79. The summed E-state index contributed by atoms with van der Waals surface area (Å²) in [6, 6.07) is 7.81. The Morgan fingerprint density at radius 2 is 1.88 bits per heavy atom. The Balaban J connectivity index is 2.78. The van der Waals surface area contributed by atoms with Gasteiger partial charge in [-0.15, -0.1) is 0 Å². The highest BCUT2D eigenvalue weighted by Gasteiger charge is 2.20. The Morgan fingerprint density at radius 3 is 2.41 bits per heavy atom. The number of sulfonamides is 1. The first kappa shape index (κ1) is 13.7. The van der Waals surface area contributed by atoms with Crippen LogP contribution in [0, 0.1) is 5.92 Å². The minimum Gasteiger partial charge on any atom is -0.319 e. The lowest BCUT2D eigenvalue weighted by Gasteiger charge is -2.11. The topological polar surface area (TPSA) is 75.3 Å². The van der Waals surface area contributed by atoms with Gasteiger partial charge in [-0.3, -0.25) is 4.79 Å². The molecule has 1 amide bonds. The van der Waals surface area contributed by atoms with Crippen molar-refractivity contribution in [2.45, 2.75) is 11.8 Å². The minimum atomic E-state index is -3.75. The summed E-state index contributed by atoms with van der Waals surface area (Å²) < 4.78 is 25.6. The fourth-order valence-corrected chi connectivity index (χ4v) is 2.39. The van der Waals surface area contributed by atoms with Crippen molar-refractivity contribution in [2.75, 3.05) is 13.6 Å². The van der Waals surface area contributed by atoms with Gasteiger partial charge in [0.1, 0.15) is 0 Å². The molecule has 17 heavy (non-hydrogen) atoms. The number of hydrogen-bond acceptors (Lipinski definition) is 4. The zero-order valence-corrected chi connectivity index (χ0v) is 10.6. The van der Waals surface area contributed by atoms with Crippen molar-refractivity contribution in [3.8, 4) is 0 Å². The zero-order chi connectivity index (χ0) is 12.9. The third-order valence-electron chi connectivity index (χ3n) is 2.25. The maximum atomic E-state index is 11.8. The van der Waals surface area contributed by atoms with E-state index in [4.69, 9.17) is 0 Å². The van der Waals surface area contributed by atoms with E-state index in [-0.39, 0.29) is 4.90 Å². The summed E-state index contributed by atoms with van der Waals surface area (Å²) in [6.07, 6.45) is 0. The summed E-state index contributed by atoms with van der Waals surface area (Å²) in [5.74, 6) is -0.915. The third kappa shape index (κ3) is 3.83. The molecule has 0 saturated carbocycles. The molecule has 5 nitrogen and oxygen atoms in total. The normalized spacial score (nSPS) is 13.1. The van der Waals surface area contributed by atoms with Crippen LogP contribution >= 0.6 is 0 Å². The van der Waals surface area contributed by atoms with E-state index in [9.17, 15) is 13.2 Å². The number of hydrogen-bond donors (Lipinski definition) is 2. The number of nitrogens with one attached hydrogen (secondary N) is 2. The molecule has 0 aliphatic heterocycles. The van der Waals surface area contributed by atoms with Crippen LogP contribution in [0.15, 0.2) is 35.2 Å². The lowest BCUT2D eigenvalue weighted by Crippen LogP contribution is -2.38. The van der Waals surface area contributed by atoms with Crippen molar-refractivity contribution in [2.24, 2.45) is 5.92 Å². The molecule has 0 aliphatic carbocycles. The largest absolute Gasteiger partial charge is 0.319 e. The second-order valence-electron chi connectivity index (χ2n) is 3.74. The molecule has 0 bridgehead atoms. The summed E-state index contributed by atoms with van der Waals surface area (Å²) in [4.78, 5) is 11.7. The molecule has 1 atom stereocenters. The van der Waals surface area contributed by atoms with Gasteiger partial charge in [0.15, 0.2) is 0 Å². The van der Waals surface area contributed by atoms with E-state index in [1.807, 2.05) is 0 Å². The molecule has 0 radical (unpaired) electrons. The second-order valence-corrected chi connectivity index (χ2v) is 5.42. The molecule has 0 aromatic heterocycles. The Bertz CT molecular complexity index is 471. The standard InChI is InChI=1S/C11H16N2O3S/c1-9(8-12-2)11(14)13-17(15,16)10-6-4-3-5-7-10/h3-7,9,12H,8H2,1-2H3,(H,13,14). The van der Waals surface area contributed by atoms with Crippen LogP contribution in [0.1, 0.15) is 6.92 Å². The summed E-state index contributed by atoms with van der Waals surface area (Å²) in [7, 11) is -2.05. The van der Waals surface area contributed by atoms with Crippen LogP contribution in [-0.4, -0.2) is 27.9 Å². The van der Waals surface area contributed by atoms with Crippen LogP contribution in [0.25, 0.3) is 0 Å². The lowest BCUT2D eigenvalue weighted by molar-refractivity contribution is -0.122. The quantitative estimate of drug-likeness (QED) is 0.797. The first-order chi connectivity index (χ1) is 7.97. The first-order valence-corrected chi connectivity index (χ1v) is 6.72. The maximum absolute atomic E-state index is 11.8. The predicted octanol–water partition coefficient (Wildman–Crippen LogP) is 0.347. The monoisotopic (exact) mass is 256 g/mol. The van der Waals surface area contributed by atoms with Crippen LogP contribution in [0.4, 0.5) is 0 Å². The van der Waals surface area contributed by atoms with Gasteiger partial charge >= 0.3 is 0 Å². The van der Waals surface area contributed by atoms with Gasteiger partial charge in [0.25, 0.3) is 10.0 Å². The number of carbonyl (C=O) groups is 1. The predicted molar refractivity (Wildman–Crippen MR) is 64.9 cm³/mol. The summed E-state index contributed by atoms with van der Waals surface area (Å²) in [5.41, 5.74) is 0. The van der Waals surface area contributed by atoms with E-state index < -0.39 is 21.8 Å². The molecule has 0 spiro atoms. The van der Waals surface area contributed by atoms with Crippen molar-refractivity contribution in [1.82, 2.24) is 10.0 Å². The molecule has 0 fully saturated rings. The molecule has 1 aromatic carbocycles. The third-order valence-corrected chi connectivity index (χ3v) is 3.61. The van der Waals surface area contributed by atoms with Gasteiger partial charge in [-0.05, 0) is 19.2 Å². The molecule has 1 unspecified atom stereocenters. The van der Waals surface area contributed by atoms with E-state index in [0.717, 1.165) is 0 Å². The summed E-state index contributed by atoms with van der Waals surface area (Å²) in [5, 5.41) is 2.82. The van der Waals surface area contributed by atoms with Crippen LogP contribution in [0.5, 0.6) is 0 Å². The van der Waals surface area contributed by atoms with Gasteiger partial charge in [-0.1, -0.05) is 25.1 Å². The van der Waals surface area contributed by atoms with Gasteiger partial charge in [0, 0.05) is 12.5 Å². The Hall–Kier alpha value is -1.40. The van der Waals surface area contributed by atoms with Gasteiger partial charge in [0.05, 0.1) is 4.90 Å². The highest BCUT2D eigenvalue weighted by Crippen LogP contribution is 2.07. The van der Waals surface area contributed by atoms with E-state index in [1.54, 1.807) is 32.2 Å². The Labute approximate surface area is 101 Å². The molecule has 0 aliphatic rings. The van der Waals surface area contributed by atoms with Crippen molar-refractivity contribution in [3.63, 3.8) is 0 Å². The van der Waals surface area contributed by atoms with Crippen molar-refractivity contribution < 1.29 is 13.2 Å². The van der Waals surface area contributed by atoms with E-state index in [2.05, 4.69) is 10.0 Å². The van der Waals surface area contributed by atoms with Gasteiger partial charge in [-0.25, -0.2) is 13.1 Å². The highest BCUT2D eigenvalue weighted by molar-refractivity contribution is 7.90. The maximum Gasteiger partial charge on any atom is 0.264 e. The van der Waals surface area contributed by atoms with Gasteiger partial charge in [0.2, 0.25) is 5.91 Å². The number of rotatable bonds is 5. The average Bonchev–Trinajstić information content (AvgIpc) is 2.30. The summed E-state index contributed by atoms with van der Waals surface area (Å²) in [6.45, 7) is 2.09. The number of benzene rings is 1. The first-order valence-electron chi connectivity index (χ1n) is 5.23. The van der Waals surface area contributed by atoms with Crippen LogP contribution in [0.3, 0.4) is 0 Å². The lowest BCUT2D eigenvalue weighted by atomic mass is 10.2. The molecule has 0 heterocycles. The smallest absolute Gasteiger partial charge is 0.264 e. The van der Waals surface area contributed by atoms with E-state index in [0.29, 0.717) is 6.54 Å². The Kier molecular flexibility index (Phi) is 4.65. The fourth-order valence-electron chi connectivity index (χ4n) is 1.29. The highest BCUT2D eigenvalue weighted by atomic mass is 32.2. The molecular formula is C11H16N2O3S. The van der Waals surface area contributed by atoms with E-state index >= 15 is 0 Å². The van der Waals surface area contributed by atoms with Crippen LogP contribution in [-0.2, 0) is 14.8 Å². The SMILES string of the molecule is CNCC(C)C(=O)NS(=O)(=O)c1ccccc1. The van der Waals surface area contributed by atoms with Crippen LogP contribution in [0.2, 0.25) is 0 Å². The van der Waals surface area contributed by atoms with Gasteiger partial charge < -0.3 is 5.32 Å². The van der Waals surface area contributed by atoms with Crippen molar-refractivity contribution in [1.29, 1.82) is 0 Å². The van der Waals surface area contributed by atoms with Crippen molar-refractivity contribution in [3.05, 3.63) is 30.3 Å². The fraction of sp³-hybridized carbons (Fsp3) is 0.364. The molecule has 0 saturated heterocycles. The van der Waals surface area contributed by atoms with Crippen molar-refractivity contribution >= 4 is 15.9 Å².